The fraction of sp³-hybridized carbons (Fsp3) is 0.185. The summed E-state index contributed by atoms with van der Waals surface area (Å²) in [5.41, 5.74) is 2.05. The maximum absolute atomic E-state index is 15.2. The number of nitrogens with zero attached hydrogens (tertiary/aromatic N) is 2. The van der Waals surface area contributed by atoms with E-state index in [9.17, 15) is 9.18 Å². The van der Waals surface area contributed by atoms with E-state index in [1.807, 2.05) is 24.3 Å². The minimum atomic E-state index is -0.775. The van der Waals surface area contributed by atoms with Crippen molar-refractivity contribution in [2.75, 3.05) is 19.1 Å². The van der Waals surface area contributed by atoms with Gasteiger partial charge in [0.15, 0.2) is 11.6 Å². The Kier molecular flexibility index (Phi) is 6.84. The Labute approximate surface area is 215 Å². The number of halogens is 3. The molecule has 1 aliphatic rings. The normalized spacial score (nSPS) is 12.9. The van der Waals surface area contributed by atoms with Crippen molar-refractivity contribution in [1.29, 1.82) is 0 Å². The van der Waals surface area contributed by atoms with Gasteiger partial charge in [0, 0.05) is 46.0 Å². The smallest absolute Gasteiger partial charge is 0.322 e. The van der Waals surface area contributed by atoms with Gasteiger partial charge in [-0.05, 0) is 35.9 Å². The maximum Gasteiger partial charge on any atom is 0.322 e. The number of rotatable bonds is 7. The highest BCUT2D eigenvalue weighted by Gasteiger charge is 2.29. The van der Waals surface area contributed by atoms with Gasteiger partial charge in [-0.15, -0.1) is 11.8 Å². The van der Waals surface area contributed by atoms with Gasteiger partial charge >= 0.3 is 6.03 Å². The molecule has 1 aliphatic heterocycles. The van der Waals surface area contributed by atoms with Crippen molar-refractivity contribution in [3.63, 3.8) is 0 Å². The molecule has 0 saturated carbocycles. The largest absolute Gasteiger partial charge is 0.497 e. The van der Waals surface area contributed by atoms with Crippen LogP contribution in [0.5, 0.6) is 11.5 Å². The second kappa shape index (κ2) is 10.2. The third-order valence-corrected chi connectivity index (χ3v) is 7.18. The quantitative estimate of drug-likeness (QED) is 0.292. The van der Waals surface area contributed by atoms with E-state index in [-0.39, 0.29) is 24.4 Å². The van der Waals surface area contributed by atoms with Gasteiger partial charge in [0.1, 0.15) is 17.4 Å². The molecular weight excluding hydrogens is 503 g/mol. The molecule has 0 bridgehead atoms. The third kappa shape index (κ3) is 4.89. The number of thioether (sulfide) groups is 1. The molecule has 0 radical (unpaired) electrons. The molecule has 0 saturated heterocycles. The van der Waals surface area contributed by atoms with Gasteiger partial charge in [-0.2, -0.15) is 0 Å². The van der Waals surface area contributed by atoms with Gasteiger partial charge in [-0.1, -0.05) is 12.1 Å². The topological polar surface area (TPSA) is 63.7 Å². The number of anilines is 1. The molecule has 2 amide bonds. The van der Waals surface area contributed by atoms with E-state index in [0.717, 1.165) is 11.3 Å². The Morgan fingerprint density at radius 1 is 1.00 bits per heavy atom. The van der Waals surface area contributed by atoms with Crippen LogP contribution in [0.4, 0.5) is 23.7 Å². The third-order valence-electron chi connectivity index (χ3n) is 6.13. The standard InChI is InChI=1S/C27H22F3N3O3S/c1-35-17-5-3-15(4-6-17)14-37-18-7-21(28)20(22(29)8-18)13-33-26-16(12-32-27(33)34)11-31-24-10-25(36-2)23(30)9-19(24)26/h3-11H,12-14H2,1-2H3,(H,32,34). The molecule has 0 aliphatic carbocycles. The summed E-state index contributed by atoms with van der Waals surface area (Å²) in [6.07, 6.45) is 1.55. The van der Waals surface area contributed by atoms with Crippen LogP contribution in [0.25, 0.3) is 10.9 Å². The van der Waals surface area contributed by atoms with E-state index in [4.69, 9.17) is 9.47 Å². The number of aromatic nitrogens is 1. The molecule has 4 aromatic rings. The summed E-state index contributed by atoms with van der Waals surface area (Å²) in [7, 11) is 2.92. The summed E-state index contributed by atoms with van der Waals surface area (Å²) in [4.78, 5) is 18.8. The summed E-state index contributed by atoms with van der Waals surface area (Å²) in [5.74, 6) is -0.938. The summed E-state index contributed by atoms with van der Waals surface area (Å²) in [6.45, 7) is -0.222. The van der Waals surface area contributed by atoms with Gasteiger partial charge in [0.05, 0.1) is 32.0 Å². The van der Waals surface area contributed by atoms with Crippen LogP contribution < -0.4 is 19.7 Å². The molecule has 0 unspecified atom stereocenters. The van der Waals surface area contributed by atoms with Crippen molar-refractivity contribution in [2.45, 2.75) is 23.7 Å². The van der Waals surface area contributed by atoms with E-state index < -0.39 is 23.5 Å². The predicted octanol–water partition coefficient (Wildman–Crippen LogP) is 6.19. The molecule has 1 aromatic heterocycles. The van der Waals surface area contributed by atoms with E-state index >= 15 is 8.78 Å². The Morgan fingerprint density at radius 2 is 1.73 bits per heavy atom. The van der Waals surface area contributed by atoms with Crippen LogP contribution in [0, 0.1) is 17.5 Å². The lowest BCUT2D eigenvalue weighted by Crippen LogP contribution is -2.44. The van der Waals surface area contributed by atoms with Crippen LogP contribution in [0.1, 0.15) is 16.7 Å². The highest BCUT2D eigenvalue weighted by molar-refractivity contribution is 7.98. The molecule has 0 fully saturated rings. The number of hydrogen-bond donors (Lipinski definition) is 1. The number of benzene rings is 3. The van der Waals surface area contributed by atoms with Crippen molar-refractivity contribution in [3.8, 4) is 11.5 Å². The lowest BCUT2D eigenvalue weighted by atomic mass is 10.0. The molecule has 190 valence electrons. The van der Waals surface area contributed by atoms with Crippen molar-refractivity contribution >= 4 is 34.4 Å². The fourth-order valence-corrected chi connectivity index (χ4v) is 5.10. The lowest BCUT2D eigenvalue weighted by molar-refractivity contribution is 0.244. The zero-order chi connectivity index (χ0) is 26.1. The second-order valence-electron chi connectivity index (χ2n) is 8.38. The summed E-state index contributed by atoms with van der Waals surface area (Å²) in [6, 6.07) is 12.0. The number of nitrogens with one attached hydrogen (secondary N) is 1. The van der Waals surface area contributed by atoms with Crippen molar-refractivity contribution in [1.82, 2.24) is 10.3 Å². The van der Waals surface area contributed by atoms with Crippen LogP contribution in [-0.2, 0) is 18.8 Å². The average Bonchev–Trinajstić information content (AvgIpc) is 2.90. The number of methoxy groups -OCH3 is 2. The number of urea groups is 1. The van der Waals surface area contributed by atoms with Crippen LogP contribution in [0.2, 0.25) is 0 Å². The first kappa shape index (κ1) is 24.8. The second-order valence-corrected chi connectivity index (χ2v) is 9.43. The molecule has 3 aromatic carbocycles. The monoisotopic (exact) mass is 525 g/mol. The van der Waals surface area contributed by atoms with E-state index in [1.165, 1.54) is 48.0 Å². The number of hydrogen-bond acceptors (Lipinski definition) is 5. The summed E-state index contributed by atoms with van der Waals surface area (Å²) >= 11 is 1.29. The van der Waals surface area contributed by atoms with Crippen molar-refractivity contribution in [2.24, 2.45) is 0 Å². The number of amides is 2. The lowest BCUT2D eigenvalue weighted by Gasteiger charge is -2.31. The van der Waals surface area contributed by atoms with Crippen molar-refractivity contribution in [3.05, 3.63) is 88.9 Å². The fourth-order valence-electron chi connectivity index (χ4n) is 4.20. The van der Waals surface area contributed by atoms with E-state index in [0.29, 0.717) is 32.8 Å². The highest BCUT2D eigenvalue weighted by Crippen LogP contribution is 2.37. The van der Waals surface area contributed by atoms with E-state index in [1.54, 1.807) is 13.3 Å². The maximum atomic E-state index is 15.2. The Hall–Kier alpha value is -3.92. The Balaban J connectivity index is 1.44. The van der Waals surface area contributed by atoms with Gasteiger partial charge in [-0.25, -0.2) is 18.0 Å². The van der Waals surface area contributed by atoms with E-state index in [2.05, 4.69) is 10.3 Å². The van der Waals surface area contributed by atoms with Gasteiger partial charge in [-0.3, -0.25) is 9.88 Å². The molecular formula is C27H22F3N3O3S. The van der Waals surface area contributed by atoms with Gasteiger partial charge in [0.25, 0.3) is 0 Å². The average molecular weight is 526 g/mol. The summed E-state index contributed by atoms with van der Waals surface area (Å²) < 4.78 is 55.0. The molecule has 0 spiro atoms. The molecule has 5 rings (SSSR count). The molecule has 0 atom stereocenters. The molecule has 6 nitrogen and oxygen atoms in total. The minimum absolute atomic E-state index is 0.00609. The van der Waals surface area contributed by atoms with Crippen LogP contribution in [-0.4, -0.2) is 25.2 Å². The zero-order valence-corrected chi connectivity index (χ0v) is 20.8. The first-order chi connectivity index (χ1) is 17.9. The molecule has 1 N–H and O–H groups in total. The van der Waals surface area contributed by atoms with Gasteiger partial charge < -0.3 is 14.8 Å². The number of fused-ring (bicyclic) bond motifs is 3. The number of pyridine rings is 1. The first-order valence-electron chi connectivity index (χ1n) is 11.3. The van der Waals surface area contributed by atoms with Crippen LogP contribution in [0.15, 0.2) is 59.6 Å². The summed E-state index contributed by atoms with van der Waals surface area (Å²) in [5, 5.41) is 3.02. The van der Waals surface area contributed by atoms with Crippen LogP contribution >= 0.6 is 11.8 Å². The minimum Gasteiger partial charge on any atom is -0.497 e. The Morgan fingerprint density at radius 3 is 2.41 bits per heavy atom. The predicted molar refractivity (Wildman–Crippen MR) is 136 cm³/mol. The zero-order valence-electron chi connectivity index (χ0n) is 20.0. The number of carbonyl (C=O) groups is 1. The van der Waals surface area contributed by atoms with Gasteiger partial charge in [0.2, 0.25) is 0 Å². The van der Waals surface area contributed by atoms with Crippen molar-refractivity contribution < 1.29 is 27.4 Å². The molecule has 2 heterocycles. The van der Waals surface area contributed by atoms with Crippen LogP contribution in [0.3, 0.4) is 0 Å². The number of ether oxygens (including phenoxy) is 2. The molecule has 37 heavy (non-hydrogen) atoms. The Bertz CT molecular complexity index is 1480. The molecule has 10 heteroatoms. The highest BCUT2D eigenvalue weighted by atomic mass is 32.2. The SMILES string of the molecule is COc1ccc(CSc2cc(F)c(CN3C(=O)NCc4cnc5cc(OC)c(F)cc5c43)c(F)c2)cc1. The first-order valence-corrected chi connectivity index (χ1v) is 12.3. The number of carbonyl (C=O) groups excluding carboxylic acids is 1.